The van der Waals surface area contributed by atoms with E-state index in [1.54, 1.807) is 18.1 Å². The molecule has 0 fully saturated rings. The van der Waals surface area contributed by atoms with Crippen LogP contribution in [0.1, 0.15) is 29.2 Å². The fraction of sp³-hybridized carbons (Fsp3) is 0.333. The SMILES string of the molecule is CN(C(=O)c1cnc2n1CCCC2)c1ccccc1. The third kappa shape index (κ3) is 2.14. The van der Waals surface area contributed by atoms with Crippen LogP contribution in [0.3, 0.4) is 0 Å². The van der Waals surface area contributed by atoms with Crippen molar-refractivity contribution >= 4 is 11.6 Å². The second-order valence-electron chi connectivity index (χ2n) is 4.87. The highest BCUT2D eigenvalue weighted by atomic mass is 16.2. The zero-order valence-corrected chi connectivity index (χ0v) is 11.0. The average molecular weight is 255 g/mol. The first-order chi connectivity index (χ1) is 9.27. The molecule has 4 heteroatoms. The van der Waals surface area contributed by atoms with E-state index >= 15 is 0 Å². The summed E-state index contributed by atoms with van der Waals surface area (Å²) >= 11 is 0. The van der Waals surface area contributed by atoms with Gasteiger partial charge in [-0.05, 0) is 25.0 Å². The van der Waals surface area contributed by atoms with Crippen molar-refractivity contribution in [3.05, 3.63) is 48.0 Å². The van der Waals surface area contributed by atoms with Crippen LogP contribution in [0, 0.1) is 0 Å². The van der Waals surface area contributed by atoms with Crippen molar-refractivity contribution in [1.29, 1.82) is 0 Å². The summed E-state index contributed by atoms with van der Waals surface area (Å²) in [6.45, 7) is 0.902. The molecule has 2 aromatic rings. The number of anilines is 1. The Balaban J connectivity index is 1.90. The Morgan fingerprint density at radius 1 is 1.26 bits per heavy atom. The molecule has 3 rings (SSSR count). The van der Waals surface area contributed by atoms with Gasteiger partial charge in [0.2, 0.25) is 0 Å². The number of carbonyl (C=O) groups is 1. The summed E-state index contributed by atoms with van der Waals surface area (Å²) in [6, 6.07) is 9.69. The topological polar surface area (TPSA) is 38.1 Å². The Labute approximate surface area is 112 Å². The molecule has 0 bridgehead atoms. The second kappa shape index (κ2) is 4.88. The van der Waals surface area contributed by atoms with E-state index in [4.69, 9.17) is 0 Å². The maximum atomic E-state index is 12.5. The van der Waals surface area contributed by atoms with E-state index in [9.17, 15) is 4.79 Å². The average Bonchev–Trinajstić information content (AvgIpc) is 2.90. The van der Waals surface area contributed by atoms with Gasteiger partial charge in [0.1, 0.15) is 11.5 Å². The number of benzene rings is 1. The molecule has 19 heavy (non-hydrogen) atoms. The lowest BCUT2D eigenvalue weighted by atomic mass is 10.1. The van der Waals surface area contributed by atoms with E-state index in [1.165, 1.54) is 6.42 Å². The highest BCUT2D eigenvalue weighted by Crippen LogP contribution is 2.19. The van der Waals surface area contributed by atoms with Crippen LogP contribution in [0.15, 0.2) is 36.5 Å². The lowest BCUT2D eigenvalue weighted by Gasteiger charge is -2.20. The highest BCUT2D eigenvalue weighted by Gasteiger charge is 2.22. The fourth-order valence-electron chi connectivity index (χ4n) is 2.53. The molecule has 1 aromatic heterocycles. The van der Waals surface area contributed by atoms with Gasteiger partial charge in [-0.25, -0.2) is 4.98 Å². The molecule has 1 aromatic carbocycles. The van der Waals surface area contributed by atoms with Gasteiger partial charge in [0.05, 0.1) is 6.20 Å². The quantitative estimate of drug-likeness (QED) is 0.827. The van der Waals surface area contributed by atoms with E-state index in [-0.39, 0.29) is 5.91 Å². The van der Waals surface area contributed by atoms with Crippen LogP contribution >= 0.6 is 0 Å². The predicted octanol–water partition coefficient (Wildman–Crippen LogP) is 2.50. The smallest absolute Gasteiger partial charge is 0.276 e. The van der Waals surface area contributed by atoms with Crippen LogP contribution in [0.2, 0.25) is 0 Å². The van der Waals surface area contributed by atoms with Crippen LogP contribution in [0.4, 0.5) is 5.69 Å². The summed E-state index contributed by atoms with van der Waals surface area (Å²) in [5.41, 5.74) is 1.60. The van der Waals surface area contributed by atoms with Crippen molar-refractivity contribution in [2.24, 2.45) is 0 Å². The Kier molecular flexibility index (Phi) is 3.07. The first-order valence-corrected chi connectivity index (χ1v) is 6.65. The van der Waals surface area contributed by atoms with Crippen molar-refractivity contribution in [3.63, 3.8) is 0 Å². The largest absolute Gasteiger partial charge is 0.324 e. The molecule has 0 saturated heterocycles. The summed E-state index contributed by atoms with van der Waals surface area (Å²) in [5.74, 6) is 1.04. The van der Waals surface area contributed by atoms with Gasteiger partial charge in [-0.1, -0.05) is 18.2 Å². The summed E-state index contributed by atoms with van der Waals surface area (Å²) in [7, 11) is 1.81. The van der Waals surface area contributed by atoms with Crippen LogP contribution in [0.5, 0.6) is 0 Å². The monoisotopic (exact) mass is 255 g/mol. The lowest BCUT2D eigenvalue weighted by Crippen LogP contribution is -2.29. The highest BCUT2D eigenvalue weighted by molar-refractivity contribution is 6.04. The fourth-order valence-corrected chi connectivity index (χ4v) is 2.53. The molecule has 2 heterocycles. The summed E-state index contributed by atoms with van der Waals surface area (Å²) in [6.07, 6.45) is 4.97. The summed E-state index contributed by atoms with van der Waals surface area (Å²) in [5, 5.41) is 0. The number of rotatable bonds is 2. The molecule has 1 aliphatic rings. The molecular weight excluding hydrogens is 238 g/mol. The molecule has 98 valence electrons. The molecule has 0 atom stereocenters. The minimum atomic E-state index is 0.00634. The van der Waals surface area contributed by atoms with E-state index in [1.807, 2.05) is 30.3 Å². The van der Waals surface area contributed by atoms with Crippen molar-refractivity contribution in [2.75, 3.05) is 11.9 Å². The van der Waals surface area contributed by atoms with Crippen molar-refractivity contribution < 1.29 is 4.79 Å². The number of hydrogen-bond acceptors (Lipinski definition) is 2. The van der Waals surface area contributed by atoms with Gasteiger partial charge >= 0.3 is 0 Å². The minimum absolute atomic E-state index is 0.00634. The number of amides is 1. The molecule has 0 spiro atoms. The number of aryl methyl sites for hydroxylation is 1. The minimum Gasteiger partial charge on any atom is -0.324 e. The van der Waals surface area contributed by atoms with Crippen LogP contribution < -0.4 is 4.90 Å². The first-order valence-electron chi connectivity index (χ1n) is 6.65. The first kappa shape index (κ1) is 12.0. The van der Waals surface area contributed by atoms with Crippen LogP contribution in [-0.4, -0.2) is 22.5 Å². The maximum absolute atomic E-state index is 12.5. The Morgan fingerprint density at radius 2 is 2.05 bits per heavy atom. The standard InChI is InChI=1S/C15H17N3O/c1-17(12-7-3-2-4-8-12)15(19)13-11-16-14-9-5-6-10-18(13)14/h2-4,7-8,11H,5-6,9-10H2,1H3. The molecule has 0 saturated carbocycles. The van der Waals surface area contributed by atoms with Gasteiger partial charge < -0.3 is 9.47 Å². The molecule has 0 N–H and O–H groups in total. The van der Waals surface area contributed by atoms with Crippen molar-refractivity contribution in [1.82, 2.24) is 9.55 Å². The summed E-state index contributed by atoms with van der Waals surface area (Å²) < 4.78 is 2.06. The Morgan fingerprint density at radius 3 is 2.84 bits per heavy atom. The predicted molar refractivity (Wildman–Crippen MR) is 74.3 cm³/mol. The summed E-state index contributed by atoms with van der Waals surface area (Å²) in [4.78, 5) is 18.6. The van der Waals surface area contributed by atoms with Crippen molar-refractivity contribution in [2.45, 2.75) is 25.8 Å². The molecule has 4 nitrogen and oxygen atoms in total. The van der Waals surface area contributed by atoms with Gasteiger partial charge in [0, 0.05) is 25.7 Å². The molecule has 1 aliphatic heterocycles. The lowest BCUT2D eigenvalue weighted by molar-refractivity contribution is 0.0983. The normalized spacial score (nSPS) is 13.9. The van der Waals surface area contributed by atoms with E-state index < -0.39 is 0 Å². The third-order valence-corrected chi connectivity index (χ3v) is 3.64. The van der Waals surface area contributed by atoms with Gasteiger partial charge in [0.25, 0.3) is 5.91 Å². The van der Waals surface area contributed by atoms with Gasteiger partial charge in [0.15, 0.2) is 0 Å². The number of carbonyl (C=O) groups excluding carboxylic acids is 1. The number of aromatic nitrogens is 2. The Bertz CT molecular complexity index is 589. The number of nitrogens with zero attached hydrogens (tertiary/aromatic N) is 3. The molecule has 0 radical (unpaired) electrons. The van der Waals surface area contributed by atoms with Crippen LogP contribution in [-0.2, 0) is 13.0 Å². The van der Waals surface area contributed by atoms with E-state index in [0.717, 1.165) is 30.9 Å². The zero-order chi connectivity index (χ0) is 13.2. The third-order valence-electron chi connectivity index (χ3n) is 3.64. The molecular formula is C15H17N3O. The van der Waals surface area contributed by atoms with Gasteiger partial charge in [-0.2, -0.15) is 0 Å². The van der Waals surface area contributed by atoms with Gasteiger partial charge in [-0.3, -0.25) is 4.79 Å². The van der Waals surface area contributed by atoms with Crippen LogP contribution in [0.25, 0.3) is 0 Å². The number of para-hydroxylation sites is 1. The Hall–Kier alpha value is -2.10. The van der Waals surface area contributed by atoms with E-state index in [0.29, 0.717) is 5.69 Å². The van der Waals surface area contributed by atoms with Crippen molar-refractivity contribution in [3.8, 4) is 0 Å². The second-order valence-corrected chi connectivity index (χ2v) is 4.87. The number of imidazole rings is 1. The van der Waals surface area contributed by atoms with E-state index in [2.05, 4.69) is 9.55 Å². The number of hydrogen-bond donors (Lipinski definition) is 0. The van der Waals surface area contributed by atoms with Gasteiger partial charge in [-0.15, -0.1) is 0 Å². The molecule has 1 amide bonds. The zero-order valence-electron chi connectivity index (χ0n) is 11.0. The molecule has 0 aliphatic carbocycles. The molecule has 0 unspecified atom stereocenters. The number of fused-ring (bicyclic) bond motifs is 1. The maximum Gasteiger partial charge on any atom is 0.276 e.